The molecule has 0 fully saturated rings. The van der Waals surface area contributed by atoms with Gasteiger partial charge in [-0.3, -0.25) is 9.59 Å². The van der Waals surface area contributed by atoms with Gasteiger partial charge in [-0.2, -0.15) is 0 Å². The van der Waals surface area contributed by atoms with E-state index in [1.54, 1.807) is 40.6 Å². The van der Waals surface area contributed by atoms with Gasteiger partial charge in [0.05, 0.1) is 34.0 Å². The highest BCUT2D eigenvalue weighted by Gasteiger charge is 2.16. The van der Waals surface area contributed by atoms with Gasteiger partial charge in [-0.25, -0.2) is 0 Å². The van der Waals surface area contributed by atoms with Gasteiger partial charge in [-0.05, 0) is 36.3 Å². The number of carbonyl (C=O) groups excluding carboxylic acids is 1. The molecule has 0 bridgehead atoms. The predicted molar refractivity (Wildman–Crippen MR) is 120 cm³/mol. The van der Waals surface area contributed by atoms with Gasteiger partial charge in [0.1, 0.15) is 11.3 Å². The molecule has 1 heterocycles. The normalized spacial score (nSPS) is 11.3. The fourth-order valence-electron chi connectivity index (χ4n) is 3.38. The number of hydrogen-bond acceptors (Lipinski definition) is 6. The Morgan fingerprint density at radius 2 is 1.75 bits per heavy atom. The van der Waals surface area contributed by atoms with E-state index < -0.39 is 5.97 Å². The third-order valence-corrected chi connectivity index (χ3v) is 5.00. The number of carboxylic acid groups (broad SMARTS) is 1. The lowest BCUT2D eigenvalue weighted by Crippen LogP contribution is -2.24. The molecule has 0 spiro atoms. The zero-order chi connectivity index (χ0) is 23.3. The Morgan fingerprint density at radius 1 is 1.03 bits per heavy atom. The fraction of sp³-hybridized carbons (Fsp3) is 0.250. The first-order valence-electron chi connectivity index (χ1n) is 9.87. The third kappa shape index (κ3) is 4.85. The summed E-state index contributed by atoms with van der Waals surface area (Å²) >= 11 is 0. The number of methoxy groups -OCH3 is 3. The Bertz CT molecular complexity index is 1180. The van der Waals surface area contributed by atoms with E-state index in [0.29, 0.717) is 28.4 Å². The van der Waals surface area contributed by atoms with Crippen LogP contribution in [0.4, 0.5) is 0 Å². The zero-order valence-electron chi connectivity index (χ0n) is 18.4. The molecule has 168 valence electrons. The molecule has 0 aliphatic heterocycles. The number of furan rings is 1. The summed E-state index contributed by atoms with van der Waals surface area (Å²) in [5.74, 6) is 0.429. The number of ether oxygens (including phenoxy) is 3. The third-order valence-electron chi connectivity index (χ3n) is 5.00. The molecule has 3 rings (SSSR count). The van der Waals surface area contributed by atoms with Crippen LogP contribution in [0.3, 0.4) is 0 Å². The van der Waals surface area contributed by atoms with E-state index in [4.69, 9.17) is 23.7 Å². The summed E-state index contributed by atoms with van der Waals surface area (Å²) in [5, 5.41) is 12.1. The van der Waals surface area contributed by atoms with Gasteiger partial charge in [0, 0.05) is 35.2 Å². The summed E-state index contributed by atoms with van der Waals surface area (Å²) in [4.78, 5) is 22.8. The fourth-order valence-corrected chi connectivity index (χ4v) is 3.38. The van der Waals surface area contributed by atoms with Crippen LogP contribution in [0.25, 0.3) is 27.7 Å². The number of rotatable bonds is 9. The average molecular weight is 439 g/mol. The molecule has 1 aromatic heterocycles. The van der Waals surface area contributed by atoms with Crippen molar-refractivity contribution in [2.75, 3.05) is 27.9 Å². The van der Waals surface area contributed by atoms with E-state index >= 15 is 0 Å². The van der Waals surface area contributed by atoms with E-state index in [0.717, 1.165) is 22.1 Å². The zero-order valence-corrected chi connectivity index (χ0v) is 18.4. The maximum absolute atomic E-state index is 12.2. The number of fused-ring (bicyclic) bond motifs is 1. The van der Waals surface area contributed by atoms with Gasteiger partial charge < -0.3 is 29.1 Å². The minimum atomic E-state index is -0.972. The van der Waals surface area contributed by atoms with E-state index in [2.05, 4.69) is 5.32 Å². The second-order valence-electron chi connectivity index (χ2n) is 7.03. The van der Waals surface area contributed by atoms with E-state index in [9.17, 15) is 9.59 Å². The average Bonchev–Trinajstić information content (AvgIpc) is 3.20. The lowest BCUT2D eigenvalue weighted by Gasteiger charge is -2.11. The lowest BCUT2D eigenvalue weighted by molar-refractivity contribution is -0.136. The highest BCUT2D eigenvalue weighted by atomic mass is 16.5. The van der Waals surface area contributed by atoms with Gasteiger partial charge in [-0.1, -0.05) is 6.07 Å². The molecule has 2 N–H and O–H groups in total. The van der Waals surface area contributed by atoms with Crippen LogP contribution in [0.15, 0.2) is 47.1 Å². The number of hydrogen-bond donors (Lipinski definition) is 2. The smallest absolute Gasteiger partial charge is 0.305 e. The first kappa shape index (κ1) is 22.7. The van der Waals surface area contributed by atoms with Crippen LogP contribution in [0.1, 0.15) is 18.9 Å². The highest BCUT2D eigenvalue weighted by molar-refractivity contribution is 6.00. The van der Waals surface area contributed by atoms with Crippen molar-refractivity contribution < 1.29 is 33.3 Å². The van der Waals surface area contributed by atoms with Gasteiger partial charge in [-0.15, -0.1) is 0 Å². The van der Waals surface area contributed by atoms with Crippen LogP contribution in [-0.2, 0) is 9.59 Å². The van der Waals surface area contributed by atoms with Crippen molar-refractivity contribution in [1.29, 1.82) is 0 Å². The lowest BCUT2D eigenvalue weighted by atomic mass is 9.99. The summed E-state index contributed by atoms with van der Waals surface area (Å²) in [7, 11) is 4.70. The van der Waals surface area contributed by atoms with Crippen molar-refractivity contribution in [3.8, 4) is 28.4 Å². The molecule has 0 saturated carbocycles. The van der Waals surface area contributed by atoms with Crippen LogP contribution >= 0.6 is 0 Å². The monoisotopic (exact) mass is 439 g/mol. The molecular weight excluding hydrogens is 414 g/mol. The number of carbonyl (C=O) groups is 2. The number of benzene rings is 2. The first-order valence-corrected chi connectivity index (χ1v) is 9.87. The molecule has 1 amide bonds. The molecule has 32 heavy (non-hydrogen) atoms. The van der Waals surface area contributed by atoms with Crippen molar-refractivity contribution in [2.24, 2.45) is 0 Å². The minimum absolute atomic E-state index is 0.0549. The standard InChI is InChI=1S/C24H25NO7/c1-14(9-23(26)25-8-7-24(27)28)16-11-17-18(13-32-21(17)12-20(16)30-3)15-5-6-19(29-2)22(10-15)31-4/h5-6,9-13H,7-8H2,1-4H3,(H,25,26)(H,27,28)/b14-9+. The Labute approximate surface area is 185 Å². The summed E-state index contributed by atoms with van der Waals surface area (Å²) in [5.41, 5.74) is 3.75. The Hall–Kier alpha value is -3.94. The molecule has 0 atom stereocenters. The molecule has 8 nitrogen and oxygen atoms in total. The molecule has 0 aliphatic carbocycles. The van der Waals surface area contributed by atoms with E-state index in [1.165, 1.54) is 6.08 Å². The van der Waals surface area contributed by atoms with Crippen molar-refractivity contribution in [3.63, 3.8) is 0 Å². The summed E-state index contributed by atoms with van der Waals surface area (Å²) in [6.45, 7) is 1.84. The second-order valence-corrected chi connectivity index (χ2v) is 7.03. The molecule has 2 aromatic carbocycles. The van der Waals surface area contributed by atoms with Gasteiger partial charge in [0.25, 0.3) is 0 Å². The number of carboxylic acids is 1. The van der Waals surface area contributed by atoms with Crippen LogP contribution < -0.4 is 19.5 Å². The molecule has 0 radical (unpaired) electrons. The van der Waals surface area contributed by atoms with Crippen LogP contribution in [0, 0.1) is 0 Å². The Kier molecular flexibility index (Phi) is 7.04. The quantitative estimate of drug-likeness (QED) is 0.483. The van der Waals surface area contributed by atoms with Crippen LogP contribution in [-0.4, -0.2) is 44.9 Å². The largest absolute Gasteiger partial charge is 0.496 e. The summed E-state index contributed by atoms with van der Waals surface area (Å²) in [6, 6.07) is 9.28. The molecular formula is C24H25NO7. The predicted octanol–water partition coefficient (Wildman–Crippen LogP) is 4.12. The Morgan fingerprint density at radius 3 is 2.41 bits per heavy atom. The van der Waals surface area contributed by atoms with Crippen molar-refractivity contribution in [2.45, 2.75) is 13.3 Å². The van der Waals surface area contributed by atoms with Gasteiger partial charge in [0.15, 0.2) is 11.5 Å². The SMILES string of the molecule is COc1ccc(-c2coc3cc(OC)c(/C(C)=C/C(=O)NCCC(=O)O)cc23)cc1OC. The maximum atomic E-state index is 12.2. The summed E-state index contributed by atoms with van der Waals surface area (Å²) < 4.78 is 22.0. The topological polar surface area (TPSA) is 107 Å². The van der Waals surface area contributed by atoms with Crippen LogP contribution in [0.2, 0.25) is 0 Å². The second kappa shape index (κ2) is 9.91. The molecule has 8 heteroatoms. The van der Waals surface area contributed by atoms with Crippen molar-refractivity contribution in [3.05, 3.63) is 48.2 Å². The maximum Gasteiger partial charge on any atom is 0.305 e. The number of amides is 1. The van der Waals surface area contributed by atoms with Crippen LogP contribution in [0.5, 0.6) is 17.2 Å². The first-order chi connectivity index (χ1) is 15.4. The van der Waals surface area contributed by atoms with Crippen molar-refractivity contribution in [1.82, 2.24) is 5.32 Å². The number of nitrogens with one attached hydrogen (secondary N) is 1. The molecule has 3 aromatic rings. The Balaban J connectivity index is 2.00. The minimum Gasteiger partial charge on any atom is -0.496 e. The van der Waals surface area contributed by atoms with E-state index in [1.807, 2.05) is 24.3 Å². The van der Waals surface area contributed by atoms with Gasteiger partial charge >= 0.3 is 5.97 Å². The molecule has 0 aliphatic rings. The van der Waals surface area contributed by atoms with Gasteiger partial charge in [0.2, 0.25) is 5.91 Å². The number of allylic oxidation sites excluding steroid dienone is 1. The van der Waals surface area contributed by atoms with E-state index in [-0.39, 0.29) is 18.9 Å². The molecule has 0 unspecified atom stereocenters. The summed E-state index contributed by atoms with van der Waals surface area (Å²) in [6.07, 6.45) is 2.94. The molecule has 0 saturated heterocycles. The highest BCUT2D eigenvalue weighted by Crippen LogP contribution is 2.39. The number of aliphatic carboxylic acids is 1. The van der Waals surface area contributed by atoms with Crippen molar-refractivity contribution >= 4 is 28.4 Å².